The molecule has 15 heavy (non-hydrogen) atoms. The molecule has 0 aliphatic rings. The van der Waals surface area contributed by atoms with E-state index in [1.807, 2.05) is 6.92 Å². The van der Waals surface area contributed by atoms with Crippen LogP contribution in [-0.2, 0) is 14.3 Å². The first-order chi connectivity index (χ1) is 6.90. The summed E-state index contributed by atoms with van der Waals surface area (Å²) in [7, 11) is 3.17. The highest BCUT2D eigenvalue weighted by Gasteiger charge is 2.23. The first kappa shape index (κ1) is 13.9. The van der Waals surface area contributed by atoms with Crippen molar-refractivity contribution in [2.75, 3.05) is 20.8 Å². The summed E-state index contributed by atoms with van der Waals surface area (Å²) in [5, 5.41) is 0. The minimum absolute atomic E-state index is 0.0820. The summed E-state index contributed by atoms with van der Waals surface area (Å²) in [5.74, 6) is -0.887. The Morgan fingerprint density at radius 3 is 2.40 bits per heavy atom. The molecule has 0 fully saturated rings. The second-order valence-electron chi connectivity index (χ2n) is 3.53. The number of nitrogens with two attached hydrogens (primary N) is 2. The van der Waals surface area contributed by atoms with Crippen LogP contribution in [-0.4, -0.2) is 49.6 Å². The minimum atomic E-state index is -0.869. The van der Waals surface area contributed by atoms with E-state index in [9.17, 15) is 9.59 Å². The number of nitrogens with zero attached hydrogens (tertiary/aromatic N) is 1. The summed E-state index contributed by atoms with van der Waals surface area (Å²) in [6.45, 7) is 2.25. The van der Waals surface area contributed by atoms with Gasteiger partial charge in [-0.25, -0.2) is 0 Å². The highest BCUT2D eigenvalue weighted by Crippen LogP contribution is 2.01. The Bertz CT molecular complexity index is 233. The monoisotopic (exact) mass is 217 g/mol. The van der Waals surface area contributed by atoms with Crippen LogP contribution in [0.5, 0.6) is 0 Å². The third-order valence-corrected chi connectivity index (χ3v) is 2.15. The molecule has 88 valence electrons. The van der Waals surface area contributed by atoms with Crippen LogP contribution in [0, 0.1) is 0 Å². The number of carbonyl (C=O) groups excluding carboxylic acids is 2. The van der Waals surface area contributed by atoms with E-state index < -0.39 is 11.9 Å². The summed E-state index contributed by atoms with van der Waals surface area (Å²) in [5.41, 5.74) is 10.5. The Labute approximate surface area is 89.5 Å². The maximum Gasteiger partial charge on any atom is 0.240 e. The highest BCUT2D eigenvalue weighted by atomic mass is 16.5. The molecule has 0 aliphatic heterocycles. The number of rotatable bonds is 6. The maximum atomic E-state index is 11.6. The lowest BCUT2D eigenvalue weighted by Crippen LogP contribution is -2.48. The fourth-order valence-corrected chi connectivity index (χ4v) is 1.14. The quantitative estimate of drug-likeness (QED) is 0.576. The van der Waals surface area contributed by atoms with Crippen molar-refractivity contribution < 1.29 is 14.3 Å². The van der Waals surface area contributed by atoms with Gasteiger partial charge in [0.05, 0.1) is 25.1 Å². The molecule has 0 aromatic heterocycles. The number of methoxy groups -OCH3 is 1. The fraction of sp³-hybridized carbons (Fsp3) is 0.778. The average molecular weight is 217 g/mol. The molecule has 2 atom stereocenters. The van der Waals surface area contributed by atoms with Gasteiger partial charge in [0.1, 0.15) is 0 Å². The van der Waals surface area contributed by atoms with E-state index in [0.717, 1.165) is 0 Å². The molecular formula is C9H19N3O3. The van der Waals surface area contributed by atoms with Gasteiger partial charge in [-0.1, -0.05) is 0 Å². The topological polar surface area (TPSA) is 98.7 Å². The number of ether oxygens (including phenoxy) is 1. The van der Waals surface area contributed by atoms with Crippen LogP contribution < -0.4 is 11.5 Å². The number of carbonyl (C=O) groups is 2. The Balaban J connectivity index is 4.23. The summed E-state index contributed by atoms with van der Waals surface area (Å²) in [6, 6.07) is -0.951. The molecule has 2 unspecified atom stereocenters. The second-order valence-corrected chi connectivity index (χ2v) is 3.53. The van der Waals surface area contributed by atoms with Gasteiger partial charge in [-0.2, -0.15) is 0 Å². The third kappa shape index (κ3) is 4.75. The van der Waals surface area contributed by atoms with Crippen molar-refractivity contribution >= 4 is 11.8 Å². The van der Waals surface area contributed by atoms with E-state index in [1.165, 1.54) is 4.90 Å². The largest absolute Gasteiger partial charge is 0.383 e. The molecule has 0 saturated heterocycles. The first-order valence-electron chi connectivity index (χ1n) is 4.69. The minimum Gasteiger partial charge on any atom is -0.383 e. The Hall–Kier alpha value is -1.14. The van der Waals surface area contributed by atoms with Crippen LogP contribution in [0.1, 0.15) is 13.3 Å². The standard InChI is InChI=1S/C9H19N3O3/c1-6(5-15-3)12(2)9(14)7(10)4-8(11)13/h6-7H,4-5,10H2,1-3H3,(H2,11,13). The normalized spacial score (nSPS) is 14.4. The van der Waals surface area contributed by atoms with E-state index in [-0.39, 0.29) is 18.4 Å². The van der Waals surface area contributed by atoms with E-state index in [4.69, 9.17) is 16.2 Å². The third-order valence-electron chi connectivity index (χ3n) is 2.15. The summed E-state index contributed by atoms with van der Waals surface area (Å²) in [6.07, 6.45) is -0.136. The Kier molecular flexibility index (Phi) is 5.88. The molecule has 0 aliphatic carbocycles. The molecule has 0 rings (SSSR count). The maximum absolute atomic E-state index is 11.6. The molecule has 0 aromatic rings. The number of amides is 2. The molecule has 0 radical (unpaired) electrons. The van der Waals surface area contributed by atoms with Crippen LogP contribution in [0.2, 0.25) is 0 Å². The van der Waals surface area contributed by atoms with Crippen molar-refractivity contribution in [3.63, 3.8) is 0 Å². The van der Waals surface area contributed by atoms with E-state index in [1.54, 1.807) is 14.2 Å². The summed E-state index contributed by atoms with van der Waals surface area (Å²) >= 11 is 0. The predicted molar refractivity (Wildman–Crippen MR) is 55.9 cm³/mol. The molecule has 0 spiro atoms. The van der Waals surface area contributed by atoms with Gasteiger partial charge >= 0.3 is 0 Å². The summed E-state index contributed by atoms with van der Waals surface area (Å²) < 4.78 is 4.91. The molecule has 2 amide bonds. The van der Waals surface area contributed by atoms with E-state index >= 15 is 0 Å². The van der Waals surface area contributed by atoms with Crippen molar-refractivity contribution in [2.45, 2.75) is 25.4 Å². The smallest absolute Gasteiger partial charge is 0.240 e. The molecule has 6 nitrogen and oxygen atoms in total. The highest BCUT2D eigenvalue weighted by molar-refractivity contribution is 5.87. The Morgan fingerprint density at radius 2 is 2.00 bits per heavy atom. The zero-order valence-electron chi connectivity index (χ0n) is 9.40. The van der Waals surface area contributed by atoms with Gasteiger partial charge in [-0.05, 0) is 6.92 Å². The van der Waals surface area contributed by atoms with Gasteiger partial charge in [0.15, 0.2) is 0 Å². The van der Waals surface area contributed by atoms with Crippen molar-refractivity contribution in [1.29, 1.82) is 0 Å². The van der Waals surface area contributed by atoms with Gasteiger partial charge < -0.3 is 21.1 Å². The average Bonchev–Trinajstić information content (AvgIpc) is 2.14. The zero-order valence-corrected chi connectivity index (χ0v) is 9.40. The molecule has 0 aromatic carbocycles. The lowest BCUT2D eigenvalue weighted by molar-refractivity contribution is -0.135. The van der Waals surface area contributed by atoms with E-state index in [2.05, 4.69) is 0 Å². The summed E-state index contributed by atoms with van der Waals surface area (Å²) in [4.78, 5) is 23.7. The van der Waals surface area contributed by atoms with Crippen molar-refractivity contribution in [3.8, 4) is 0 Å². The molecular weight excluding hydrogens is 198 g/mol. The molecule has 0 heterocycles. The Morgan fingerprint density at radius 1 is 1.47 bits per heavy atom. The molecule has 0 bridgehead atoms. The van der Waals surface area contributed by atoms with E-state index in [0.29, 0.717) is 6.61 Å². The lowest BCUT2D eigenvalue weighted by Gasteiger charge is -2.26. The van der Waals surface area contributed by atoms with Gasteiger partial charge in [-0.3, -0.25) is 9.59 Å². The van der Waals surface area contributed by atoms with Gasteiger partial charge in [0, 0.05) is 14.2 Å². The predicted octanol–water partition coefficient (Wildman–Crippen LogP) is -1.32. The van der Waals surface area contributed by atoms with Crippen LogP contribution in [0.4, 0.5) is 0 Å². The van der Waals surface area contributed by atoms with Crippen LogP contribution >= 0.6 is 0 Å². The van der Waals surface area contributed by atoms with Gasteiger partial charge in [0.2, 0.25) is 11.8 Å². The first-order valence-corrected chi connectivity index (χ1v) is 4.69. The van der Waals surface area contributed by atoms with Gasteiger partial charge in [-0.15, -0.1) is 0 Å². The zero-order chi connectivity index (χ0) is 12.0. The number of hydrogen-bond acceptors (Lipinski definition) is 4. The second kappa shape index (κ2) is 6.36. The van der Waals surface area contributed by atoms with Crippen molar-refractivity contribution in [2.24, 2.45) is 11.5 Å². The number of likely N-dealkylation sites (N-methyl/N-ethyl adjacent to an activating group) is 1. The van der Waals surface area contributed by atoms with Crippen LogP contribution in [0.3, 0.4) is 0 Å². The molecule has 0 saturated carbocycles. The molecule has 6 heteroatoms. The van der Waals surface area contributed by atoms with Crippen molar-refractivity contribution in [3.05, 3.63) is 0 Å². The van der Waals surface area contributed by atoms with Gasteiger partial charge in [0.25, 0.3) is 0 Å². The van der Waals surface area contributed by atoms with Crippen LogP contribution in [0.15, 0.2) is 0 Å². The molecule has 4 N–H and O–H groups in total. The number of hydrogen-bond donors (Lipinski definition) is 2. The number of primary amides is 1. The van der Waals surface area contributed by atoms with Crippen LogP contribution in [0.25, 0.3) is 0 Å². The SMILES string of the molecule is COCC(C)N(C)C(=O)C(N)CC(N)=O. The fourth-order valence-electron chi connectivity index (χ4n) is 1.14. The van der Waals surface area contributed by atoms with Crippen molar-refractivity contribution in [1.82, 2.24) is 4.90 Å². The lowest BCUT2D eigenvalue weighted by atomic mass is 10.1.